The van der Waals surface area contributed by atoms with E-state index in [9.17, 15) is 22.9 Å². The minimum atomic E-state index is -4.54. The number of nitrogens with one attached hydrogen (secondary N) is 1. The van der Waals surface area contributed by atoms with Crippen molar-refractivity contribution in [3.8, 4) is 17.1 Å². The number of hydrogen-bond donors (Lipinski definition) is 3. The number of rotatable bonds is 21. The summed E-state index contributed by atoms with van der Waals surface area (Å²) in [6, 6.07) is 12.4. The zero-order chi connectivity index (χ0) is 32.9. The number of aromatic hydroxyl groups is 1. The Morgan fingerprint density at radius 3 is 1.93 bits per heavy atom. The molecule has 1 aromatic heterocycles. The second-order valence-electron chi connectivity index (χ2n) is 12.1. The first-order chi connectivity index (χ1) is 21.6. The maximum absolute atomic E-state index is 13.7. The average Bonchev–Trinajstić information content (AvgIpc) is 3.03. The van der Waals surface area contributed by atoms with Gasteiger partial charge in [0.2, 0.25) is 11.2 Å². The predicted molar refractivity (Wildman–Crippen MR) is 186 cm³/mol. The van der Waals surface area contributed by atoms with Crippen LogP contribution >= 0.6 is 0 Å². The third-order valence-corrected chi connectivity index (χ3v) is 10.5. The van der Waals surface area contributed by atoms with Crippen molar-refractivity contribution in [3.05, 3.63) is 58.3 Å². The van der Waals surface area contributed by atoms with E-state index in [1.54, 1.807) is 43.3 Å². The molecule has 0 aliphatic heterocycles. The highest BCUT2D eigenvalue weighted by atomic mass is 32.2. The van der Waals surface area contributed by atoms with Crippen LogP contribution in [0.3, 0.4) is 0 Å². The minimum Gasteiger partial charge on any atom is -0.502 e. The smallest absolute Gasteiger partial charge is 0.284 e. The van der Waals surface area contributed by atoms with E-state index in [2.05, 4.69) is 12.2 Å². The van der Waals surface area contributed by atoms with Gasteiger partial charge >= 0.3 is 0 Å². The van der Waals surface area contributed by atoms with Crippen LogP contribution in [-0.2, 0) is 16.5 Å². The zero-order valence-corrected chi connectivity index (χ0v) is 28.6. The molecular weight excluding hydrogens is 588 g/mol. The van der Waals surface area contributed by atoms with Gasteiger partial charge in [-0.25, -0.2) is 0 Å². The van der Waals surface area contributed by atoms with Crippen LogP contribution in [-0.4, -0.2) is 42.6 Å². The van der Waals surface area contributed by atoms with E-state index in [1.807, 2.05) is 24.8 Å². The molecule has 9 heteroatoms. The number of anilines is 1. The molecule has 0 saturated carbocycles. The van der Waals surface area contributed by atoms with Crippen LogP contribution in [0.25, 0.3) is 22.3 Å². The summed E-state index contributed by atoms with van der Waals surface area (Å²) in [5.74, 6) is -0.411. The van der Waals surface area contributed by atoms with Gasteiger partial charge < -0.3 is 14.4 Å². The topological polar surface area (TPSA) is 120 Å². The van der Waals surface area contributed by atoms with Gasteiger partial charge in [0.15, 0.2) is 10.6 Å². The van der Waals surface area contributed by atoms with Crippen LogP contribution in [0.5, 0.6) is 5.75 Å². The molecule has 45 heavy (non-hydrogen) atoms. The lowest BCUT2D eigenvalue weighted by molar-refractivity contribution is 0.357. The van der Waals surface area contributed by atoms with Crippen molar-refractivity contribution >= 4 is 26.8 Å². The fraction of sp³-hybridized carbons (Fsp3) is 0.583. The van der Waals surface area contributed by atoms with Crippen LogP contribution in [0.4, 0.5) is 5.69 Å². The van der Waals surface area contributed by atoms with Crippen molar-refractivity contribution < 1.29 is 22.5 Å². The van der Waals surface area contributed by atoms with Crippen molar-refractivity contribution in [3.63, 3.8) is 0 Å². The summed E-state index contributed by atoms with van der Waals surface area (Å²) in [6.07, 6.45) is 13.2. The lowest BCUT2D eigenvalue weighted by Crippen LogP contribution is -2.53. The molecule has 2 aromatic carbocycles. The first kappa shape index (κ1) is 36.6. The molecule has 0 spiro atoms. The number of hydrogen-bond acceptors (Lipinski definition) is 7. The van der Waals surface area contributed by atoms with E-state index in [4.69, 9.17) is 4.42 Å². The van der Waals surface area contributed by atoms with Crippen molar-refractivity contribution in [1.82, 2.24) is 5.32 Å². The monoisotopic (exact) mass is 642 g/mol. The Morgan fingerprint density at radius 1 is 0.822 bits per heavy atom. The fourth-order valence-electron chi connectivity index (χ4n) is 6.22. The molecule has 3 aromatic rings. The van der Waals surface area contributed by atoms with E-state index >= 15 is 0 Å². The van der Waals surface area contributed by atoms with Crippen molar-refractivity contribution in [2.75, 3.05) is 24.5 Å². The Balaban J connectivity index is 1.84. The van der Waals surface area contributed by atoms with Gasteiger partial charge in [-0.3, -0.25) is 14.7 Å². The summed E-state index contributed by atoms with van der Waals surface area (Å²) in [6.45, 7) is 9.41. The Hall–Kier alpha value is -2.88. The van der Waals surface area contributed by atoms with Gasteiger partial charge in [0.1, 0.15) is 5.58 Å². The number of fused-ring (bicyclic) bond motifs is 1. The lowest BCUT2D eigenvalue weighted by atomic mass is 9.97. The van der Waals surface area contributed by atoms with E-state index in [0.29, 0.717) is 42.0 Å². The van der Waals surface area contributed by atoms with Gasteiger partial charge in [-0.1, -0.05) is 114 Å². The molecule has 1 heterocycles. The van der Waals surface area contributed by atoms with Crippen LogP contribution in [0.15, 0.2) is 51.7 Å². The molecule has 0 aliphatic carbocycles. The molecule has 0 radical (unpaired) electrons. The third-order valence-electron chi connectivity index (χ3n) is 8.98. The molecule has 1 unspecified atom stereocenters. The Labute approximate surface area is 270 Å². The van der Waals surface area contributed by atoms with Gasteiger partial charge in [-0.2, -0.15) is 8.42 Å². The quantitative estimate of drug-likeness (QED) is 0.0782. The second kappa shape index (κ2) is 17.7. The molecule has 0 amide bonds. The fourth-order valence-corrected chi connectivity index (χ4v) is 7.21. The molecule has 0 aliphatic rings. The number of benzene rings is 2. The molecule has 3 N–H and O–H groups in total. The van der Waals surface area contributed by atoms with Crippen molar-refractivity contribution in [2.45, 2.75) is 116 Å². The standard InChI is InChI=1S/C36H54N2O6S/c1-5-9-10-11-12-13-14-15-16-17-21-26-37-36(6-2,45(41,42)43)27-29-24-25-30-31(32(29)38(7-3)8-4)33(39)34(40)35(44-30)28-22-19-18-20-23-28/h18-20,22-25,37,40H,5-17,21,26-27H2,1-4H3,(H,41,42,43). The Morgan fingerprint density at radius 2 is 1.40 bits per heavy atom. The first-order valence-corrected chi connectivity index (χ1v) is 18.4. The maximum atomic E-state index is 13.7. The molecule has 250 valence electrons. The highest BCUT2D eigenvalue weighted by Gasteiger charge is 2.42. The summed E-state index contributed by atoms with van der Waals surface area (Å²) in [4.78, 5) is 14.1. The van der Waals surface area contributed by atoms with Crippen molar-refractivity contribution in [2.24, 2.45) is 0 Å². The normalized spacial score (nSPS) is 13.3. The zero-order valence-electron chi connectivity index (χ0n) is 27.7. The van der Waals surface area contributed by atoms with Gasteiger partial charge in [0, 0.05) is 25.1 Å². The van der Waals surface area contributed by atoms with Crippen LogP contribution < -0.4 is 15.6 Å². The summed E-state index contributed by atoms with van der Waals surface area (Å²) in [5, 5.41) is 14.4. The molecule has 0 bridgehead atoms. The summed E-state index contributed by atoms with van der Waals surface area (Å²) >= 11 is 0. The molecular formula is C36H54N2O6S. The van der Waals surface area contributed by atoms with E-state index in [-0.39, 0.29) is 24.0 Å². The first-order valence-electron chi connectivity index (χ1n) is 17.0. The highest BCUT2D eigenvalue weighted by Crippen LogP contribution is 2.38. The van der Waals surface area contributed by atoms with Gasteiger partial charge in [-0.05, 0) is 44.9 Å². The SMILES string of the molecule is CCCCCCCCCCCCCNC(CC)(Cc1ccc2oc(-c3ccccc3)c(O)c(=O)c2c1N(CC)CC)S(=O)(=O)O. The van der Waals surface area contributed by atoms with Gasteiger partial charge in [0.05, 0.1) is 11.1 Å². The third kappa shape index (κ3) is 9.33. The number of nitrogens with zero attached hydrogens (tertiary/aromatic N) is 1. The largest absolute Gasteiger partial charge is 0.502 e. The predicted octanol–water partition coefficient (Wildman–Crippen LogP) is 8.45. The van der Waals surface area contributed by atoms with Crippen LogP contribution in [0.2, 0.25) is 0 Å². The second-order valence-corrected chi connectivity index (χ2v) is 13.8. The molecule has 0 saturated heterocycles. The van der Waals surface area contributed by atoms with E-state index < -0.39 is 26.2 Å². The molecule has 8 nitrogen and oxygen atoms in total. The lowest BCUT2D eigenvalue weighted by Gasteiger charge is -2.33. The Kier molecular flexibility index (Phi) is 14.4. The summed E-state index contributed by atoms with van der Waals surface area (Å²) in [7, 11) is -4.54. The average molecular weight is 643 g/mol. The van der Waals surface area contributed by atoms with Gasteiger partial charge in [0.25, 0.3) is 10.1 Å². The van der Waals surface area contributed by atoms with E-state index in [1.165, 1.54) is 51.4 Å². The molecule has 1 atom stereocenters. The number of unbranched alkanes of at least 4 members (excludes halogenated alkanes) is 10. The van der Waals surface area contributed by atoms with Crippen molar-refractivity contribution in [1.29, 1.82) is 0 Å². The van der Waals surface area contributed by atoms with Crippen LogP contribution in [0, 0.1) is 0 Å². The summed E-state index contributed by atoms with van der Waals surface area (Å²) < 4.78 is 42.6. The van der Waals surface area contributed by atoms with Gasteiger partial charge in [-0.15, -0.1) is 0 Å². The summed E-state index contributed by atoms with van der Waals surface area (Å²) in [5.41, 5.74) is 1.38. The molecule has 0 fully saturated rings. The highest BCUT2D eigenvalue weighted by molar-refractivity contribution is 7.87. The van der Waals surface area contributed by atoms with Crippen LogP contribution in [0.1, 0.15) is 110 Å². The minimum absolute atomic E-state index is 0.0528. The molecule has 3 rings (SSSR count). The maximum Gasteiger partial charge on any atom is 0.284 e. The van der Waals surface area contributed by atoms with E-state index in [0.717, 1.165) is 19.3 Å². The Bertz CT molecular complexity index is 1500.